The summed E-state index contributed by atoms with van der Waals surface area (Å²) < 4.78 is 31.7. The molecule has 2 rings (SSSR count). The summed E-state index contributed by atoms with van der Waals surface area (Å²) in [5.41, 5.74) is 0.856. The molecule has 1 aromatic rings. The van der Waals surface area contributed by atoms with Crippen molar-refractivity contribution in [3.63, 3.8) is 0 Å². The predicted octanol–water partition coefficient (Wildman–Crippen LogP) is 3.69. The fourth-order valence-electron chi connectivity index (χ4n) is 2.92. The molecule has 1 aliphatic heterocycles. The van der Waals surface area contributed by atoms with Crippen molar-refractivity contribution in [3.8, 4) is 0 Å². The lowest BCUT2D eigenvalue weighted by Gasteiger charge is -2.27. The average molecular weight is 297 g/mol. The number of ether oxygens (including phenoxy) is 1. The van der Waals surface area contributed by atoms with Crippen LogP contribution in [0.2, 0.25) is 0 Å². The quantitative estimate of drug-likeness (QED) is 0.828. The first-order chi connectivity index (χ1) is 10.2. The van der Waals surface area contributed by atoms with Crippen molar-refractivity contribution in [2.75, 3.05) is 19.8 Å². The zero-order valence-electron chi connectivity index (χ0n) is 12.7. The van der Waals surface area contributed by atoms with Crippen LogP contribution in [0.1, 0.15) is 38.2 Å². The highest BCUT2D eigenvalue weighted by Crippen LogP contribution is 2.22. The van der Waals surface area contributed by atoms with Gasteiger partial charge >= 0.3 is 0 Å². The van der Waals surface area contributed by atoms with Gasteiger partial charge in [-0.05, 0) is 62.3 Å². The molecule has 1 heterocycles. The molecule has 2 nitrogen and oxygen atoms in total. The Balaban J connectivity index is 1.95. The highest BCUT2D eigenvalue weighted by atomic mass is 19.2. The largest absolute Gasteiger partial charge is 0.381 e. The highest BCUT2D eigenvalue weighted by molar-refractivity contribution is 5.18. The first-order valence-electron chi connectivity index (χ1n) is 7.94. The molecule has 4 heteroatoms. The first kappa shape index (κ1) is 16.4. The maximum absolute atomic E-state index is 13.3. The summed E-state index contributed by atoms with van der Waals surface area (Å²) in [6, 6.07) is 4.54. The van der Waals surface area contributed by atoms with E-state index < -0.39 is 11.6 Å². The summed E-state index contributed by atoms with van der Waals surface area (Å²) in [4.78, 5) is 0. The van der Waals surface area contributed by atoms with Crippen molar-refractivity contribution < 1.29 is 13.5 Å². The van der Waals surface area contributed by atoms with E-state index in [4.69, 9.17) is 4.74 Å². The van der Waals surface area contributed by atoms with Gasteiger partial charge in [0.05, 0.1) is 0 Å². The van der Waals surface area contributed by atoms with Gasteiger partial charge in [0.15, 0.2) is 11.6 Å². The normalized spacial score (nSPS) is 17.9. The molecule has 1 saturated heterocycles. The van der Waals surface area contributed by atoms with E-state index >= 15 is 0 Å². The molecule has 1 aromatic carbocycles. The van der Waals surface area contributed by atoms with E-state index in [1.165, 1.54) is 12.1 Å². The summed E-state index contributed by atoms with van der Waals surface area (Å²) >= 11 is 0. The van der Waals surface area contributed by atoms with Crippen LogP contribution in [0, 0.1) is 17.6 Å². The Morgan fingerprint density at radius 1 is 1.24 bits per heavy atom. The minimum absolute atomic E-state index is 0.318. The fourth-order valence-corrected chi connectivity index (χ4v) is 2.92. The zero-order valence-corrected chi connectivity index (χ0v) is 12.7. The van der Waals surface area contributed by atoms with E-state index in [-0.39, 0.29) is 0 Å². The topological polar surface area (TPSA) is 21.3 Å². The van der Waals surface area contributed by atoms with Crippen LogP contribution in [0.5, 0.6) is 0 Å². The lowest BCUT2D eigenvalue weighted by molar-refractivity contribution is 0.0605. The Morgan fingerprint density at radius 2 is 2.00 bits per heavy atom. The van der Waals surface area contributed by atoms with Gasteiger partial charge in [-0.15, -0.1) is 0 Å². The number of halogens is 2. The van der Waals surface area contributed by atoms with Crippen molar-refractivity contribution in [2.45, 2.75) is 45.1 Å². The Hall–Kier alpha value is -1.00. The number of benzene rings is 1. The van der Waals surface area contributed by atoms with Crippen LogP contribution in [0.4, 0.5) is 8.78 Å². The maximum atomic E-state index is 13.3. The van der Waals surface area contributed by atoms with E-state index in [9.17, 15) is 8.78 Å². The second kappa shape index (κ2) is 8.44. The molecule has 1 unspecified atom stereocenters. The molecule has 0 saturated carbocycles. The first-order valence-corrected chi connectivity index (χ1v) is 7.94. The molecule has 0 amide bonds. The summed E-state index contributed by atoms with van der Waals surface area (Å²) in [6.45, 7) is 4.78. The number of hydrogen-bond donors (Lipinski definition) is 1. The molecule has 1 fully saturated rings. The van der Waals surface area contributed by atoms with Gasteiger partial charge in [0.2, 0.25) is 0 Å². The lowest BCUT2D eigenvalue weighted by Crippen LogP contribution is -2.35. The summed E-state index contributed by atoms with van der Waals surface area (Å²) in [5, 5.41) is 3.54. The van der Waals surface area contributed by atoms with Crippen molar-refractivity contribution in [3.05, 3.63) is 35.4 Å². The highest BCUT2D eigenvalue weighted by Gasteiger charge is 2.19. The number of nitrogens with one attached hydrogen (secondary N) is 1. The third kappa shape index (κ3) is 5.36. The van der Waals surface area contributed by atoms with Crippen LogP contribution in [0.25, 0.3) is 0 Å². The van der Waals surface area contributed by atoms with Crippen LogP contribution in [-0.2, 0) is 11.2 Å². The van der Waals surface area contributed by atoms with E-state index in [0.29, 0.717) is 12.0 Å². The van der Waals surface area contributed by atoms with E-state index in [1.54, 1.807) is 6.07 Å². The lowest BCUT2D eigenvalue weighted by atomic mass is 9.89. The van der Waals surface area contributed by atoms with E-state index in [0.717, 1.165) is 57.4 Å². The smallest absolute Gasteiger partial charge is 0.159 e. The van der Waals surface area contributed by atoms with Gasteiger partial charge in [0.1, 0.15) is 0 Å². The van der Waals surface area contributed by atoms with E-state index in [1.807, 2.05) is 0 Å². The predicted molar refractivity (Wildman–Crippen MR) is 80.3 cm³/mol. The van der Waals surface area contributed by atoms with Crippen LogP contribution in [0.15, 0.2) is 18.2 Å². The Kier molecular flexibility index (Phi) is 6.58. The van der Waals surface area contributed by atoms with Crippen LogP contribution in [-0.4, -0.2) is 25.8 Å². The molecule has 0 aromatic heterocycles. The third-order valence-electron chi connectivity index (χ3n) is 4.11. The van der Waals surface area contributed by atoms with Gasteiger partial charge in [-0.2, -0.15) is 0 Å². The fraction of sp³-hybridized carbons (Fsp3) is 0.647. The molecule has 0 aliphatic carbocycles. The molecule has 1 N–H and O–H groups in total. The molecule has 1 atom stereocenters. The summed E-state index contributed by atoms with van der Waals surface area (Å²) in [6.07, 6.45) is 5.09. The standard InChI is InChI=1S/C17H25F2NO/c1-2-7-20-15(10-13-5-8-21-9-6-13)11-14-3-4-16(18)17(19)12-14/h3-4,12-13,15,20H,2,5-11H2,1H3. The molecular weight excluding hydrogens is 272 g/mol. The Bertz CT molecular complexity index is 433. The van der Waals surface area contributed by atoms with Gasteiger partial charge in [-0.25, -0.2) is 8.78 Å². The van der Waals surface area contributed by atoms with E-state index in [2.05, 4.69) is 12.2 Å². The minimum Gasteiger partial charge on any atom is -0.381 e. The van der Waals surface area contributed by atoms with Crippen LogP contribution in [0.3, 0.4) is 0 Å². The molecule has 21 heavy (non-hydrogen) atoms. The molecule has 0 bridgehead atoms. The van der Waals surface area contributed by atoms with Gasteiger partial charge in [-0.1, -0.05) is 13.0 Å². The van der Waals surface area contributed by atoms with Gasteiger partial charge in [0.25, 0.3) is 0 Å². The minimum atomic E-state index is -0.777. The van der Waals surface area contributed by atoms with Crippen molar-refractivity contribution in [2.24, 2.45) is 5.92 Å². The molecule has 118 valence electrons. The Morgan fingerprint density at radius 3 is 2.67 bits per heavy atom. The second-order valence-corrected chi connectivity index (χ2v) is 5.90. The maximum Gasteiger partial charge on any atom is 0.159 e. The van der Waals surface area contributed by atoms with Crippen molar-refractivity contribution in [1.82, 2.24) is 5.32 Å². The molecule has 1 aliphatic rings. The number of rotatable bonds is 7. The molecular formula is C17H25F2NO. The summed E-state index contributed by atoms with van der Waals surface area (Å²) in [5.74, 6) is -0.868. The van der Waals surface area contributed by atoms with Crippen LogP contribution >= 0.6 is 0 Å². The number of hydrogen-bond acceptors (Lipinski definition) is 2. The third-order valence-corrected chi connectivity index (χ3v) is 4.11. The van der Waals surface area contributed by atoms with Gasteiger partial charge in [0, 0.05) is 19.3 Å². The average Bonchev–Trinajstić information content (AvgIpc) is 2.49. The van der Waals surface area contributed by atoms with Gasteiger partial charge in [-0.3, -0.25) is 0 Å². The van der Waals surface area contributed by atoms with Crippen molar-refractivity contribution in [1.29, 1.82) is 0 Å². The zero-order chi connectivity index (χ0) is 15.1. The van der Waals surface area contributed by atoms with Crippen LogP contribution < -0.4 is 5.32 Å². The SMILES string of the molecule is CCCNC(Cc1ccc(F)c(F)c1)CC1CCOCC1. The monoisotopic (exact) mass is 297 g/mol. The van der Waals surface area contributed by atoms with Gasteiger partial charge < -0.3 is 10.1 Å². The molecule has 0 radical (unpaired) electrons. The molecule has 0 spiro atoms. The Labute approximate surface area is 125 Å². The second-order valence-electron chi connectivity index (χ2n) is 5.90. The van der Waals surface area contributed by atoms with Crippen molar-refractivity contribution >= 4 is 0 Å². The summed E-state index contributed by atoms with van der Waals surface area (Å²) in [7, 11) is 0.